The van der Waals surface area contributed by atoms with Gasteiger partial charge in [-0.3, -0.25) is 4.79 Å². The maximum absolute atomic E-state index is 12.5. The zero-order chi connectivity index (χ0) is 19.4. The van der Waals surface area contributed by atoms with Crippen molar-refractivity contribution in [1.82, 2.24) is 15.0 Å². The van der Waals surface area contributed by atoms with Crippen LogP contribution in [0.25, 0.3) is 0 Å². The van der Waals surface area contributed by atoms with Gasteiger partial charge in [-0.05, 0) is 17.7 Å². The van der Waals surface area contributed by atoms with E-state index in [4.69, 9.17) is 26.8 Å². The fraction of sp³-hybridized carbons (Fsp3) is 0.167. The van der Waals surface area contributed by atoms with Crippen molar-refractivity contribution < 1.29 is 14.3 Å². The first-order valence-corrected chi connectivity index (χ1v) is 8.35. The number of hydrogen-bond donors (Lipinski definition) is 2. The maximum atomic E-state index is 12.5. The maximum Gasteiger partial charge on any atom is 0.280 e. The van der Waals surface area contributed by atoms with Gasteiger partial charge in [0.25, 0.3) is 5.91 Å². The zero-order valence-corrected chi connectivity index (χ0v) is 15.5. The van der Waals surface area contributed by atoms with E-state index in [2.05, 4.69) is 15.6 Å². The number of carbonyl (C=O) groups excluding carboxylic acids is 1. The third-order valence-corrected chi connectivity index (χ3v) is 4.10. The lowest BCUT2D eigenvalue weighted by Crippen LogP contribution is -2.15. The van der Waals surface area contributed by atoms with Crippen LogP contribution in [0.3, 0.4) is 0 Å². The summed E-state index contributed by atoms with van der Waals surface area (Å²) < 4.78 is 11.8. The van der Waals surface area contributed by atoms with E-state index < -0.39 is 5.91 Å². The molecule has 0 aliphatic carbocycles. The van der Waals surface area contributed by atoms with Gasteiger partial charge >= 0.3 is 0 Å². The van der Waals surface area contributed by atoms with Crippen LogP contribution in [0.4, 0.5) is 11.5 Å². The average Bonchev–Trinajstić information content (AvgIpc) is 3.03. The number of nitrogens with zero attached hydrogens (tertiary/aromatic N) is 3. The molecule has 0 saturated carbocycles. The zero-order valence-electron chi connectivity index (χ0n) is 14.8. The van der Waals surface area contributed by atoms with Crippen molar-refractivity contribution in [3.05, 3.63) is 58.7 Å². The van der Waals surface area contributed by atoms with Crippen molar-refractivity contribution in [1.29, 1.82) is 0 Å². The summed E-state index contributed by atoms with van der Waals surface area (Å²) >= 11 is 5.88. The Morgan fingerprint density at radius 1 is 1.15 bits per heavy atom. The molecule has 0 saturated heterocycles. The van der Waals surface area contributed by atoms with E-state index in [9.17, 15) is 4.79 Å². The molecule has 1 aromatic heterocycles. The smallest absolute Gasteiger partial charge is 0.280 e. The summed E-state index contributed by atoms with van der Waals surface area (Å²) in [6.45, 7) is 0.371. The summed E-state index contributed by atoms with van der Waals surface area (Å²) in [5.41, 5.74) is 7.50. The van der Waals surface area contributed by atoms with Gasteiger partial charge in [0.1, 0.15) is 11.5 Å². The van der Waals surface area contributed by atoms with E-state index in [0.717, 1.165) is 5.56 Å². The highest BCUT2D eigenvalue weighted by atomic mass is 35.5. The Hall–Kier alpha value is -3.26. The van der Waals surface area contributed by atoms with Gasteiger partial charge in [-0.2, -0.15) is 0 Å². The molecule has 0 unspecified atom stereocenters. The summed E-state index contributed by atoms with van der Waals surface area (Å²) in [7, 11) is 3.06. The van der Waals surface area contributed by atoms with Crippen LogP contribution >= 0.6 is 11.6 Å². The molecule has 0 spiro atoms. The van der Waals surface area contributed by atoms with E-state index in [1.165, 1.54) is 18.9 Å². The number of anilines is 2. The standard InChI is InChI=1S/C18H18ClN5O3/c1-26-14-7-13(8-15(9-14)27-2)21-18(25)16-17(20)24(23-22-16)10-11-3-5-12(19)6-4-11/h3-9H,10,20H2,1-2H3,(H,21,25). The summed E-state index contributed by atoms with van der Waals surface area (Å²) in [6, 6.07) is 12.3. The Bertz CT molecular complexity index is 934. The van der Waals surface area contributed by atoms with Gasteiger partial charge in [-0.25, -0.2) is 4.68 Å². The topological polar surface area (TPSA) is 104 Å². The van der Waals surface area contributed by atoms with Gasteiger partial charge < -0.3 is 20.5 Å². The van der Waals surface area contributed by atoms with Crippen molar-refractivity contribution in [2.45, 2.75) is 6.54 Å². The molecule has 0 aliphatic heterocycles. The number of amides is 1. The first kappa shape index (κ1) is 18.5. The molecule has 1 amide bonds. The van der Waals surface area contributed by atoms with Crippen molar-refractivity contribution in [2.24, 2.45) is 0 Å². The quantitative estimate of drug-likeness (QED) is 0.674. The molecular formula is C18H18ClN5O3. The molecule has 8 nitrogen and oxygen atoms in total. The fourth-order valence-corrected chi connectivity index (χ4v) is 2.56. The summed E-state index contributed by atoms with van der Waals surface area (Å²) in [5, 5.41) is 11.2. The SMILES string of the molecule is COc1cc(NC(=O)c2nnn(Cc3ccc(Cl)cc3)c2N)cc(OC)c1. The summed E-state index contributed by atoms with van der Waals surface area (Å²) in [5.74, 6) is 0.774. The van der Waals surface area contributed by atoms with Gasteiger partial charge in [-0.15, -0.1) is 5.10 Å². The Labute approximate surface area is 160 Å². The van der Waals surface area contributed by atoms with Crippen molar-refractivity contribution in [3.63, 3.8) is 0 Å². The molecule has 0 radical (unpaired) electrons. The number of methoxy groups -OCH3 is 2. The number of ether oxygens (including phenoxy) is 2. The highest BCUT2D eigenvalue weighted by Crippen LogP contribution is 2.26. The highest BCUT2D eigenvalue weighted by molar-refractivity contribution is 6.30. The van der Waals surface area contributed by atoms with Crippen molar-refractivity contribution in [2.75, 3.05) is 25.3 Å². The third-order valence-electron chi connectivity index (χ3n) is 3.84. The first-order chi connectivity index (χ1) is 13.0. The predicted octanol–water partition coefficient (Wildman–Crippen LogP) is 2.83. The molecule has 3 N–H and O–H groups in total. The number of benzene rings is 2. The second kappa shape index (κ2) is 7.96. The van der Waals surface area contributed by atoms with Crippen LogP contribution in [0.5, 0.6) is 11.5 Å². The van der Waals surface area contributed by atoms with Crippen LogP contribution < -0.4 is 20.5 Å². The van der Waals surface area contributed by atoms with Crippen LogP contribution in [0, 0.1) is 0 Å². The predicted molar refractivity (Wildman–Crippen MR) is 102 cm³/mol. The van der Waals surface area contributed by atoms with Crippen LogP contribution in [0.2, 0.25) is 5.02 Å². The van der Waals surface area contributed by atoms with Gasteiger partial charge in [0.2, 0.25) is 0 Å². The van der Waals surface area contributed by atoms with E-state index in [-0.39, 0.29) is 11.5 Å². The molecular weight excluding hydrogens is 370 g/mol. The van der Waals surface area contributed by atoms with Gasteiger partial charge in [0.15, 0.2) is 11.5 Å². The number of nitrogens with one attached hydrogen (secondary N) is 1. The van der Waals surface area contributed by atoms with Gasteiger partial charge in [0, 0.05) is 28.9 Å². The molecule has 0 atom stereocenters. The molecule has 0 aliphatic rings. The van der Waals surface area contributed by atoms with E-state index >= 15 is 0 Å². The Morgan fingerprint density at radius 2 is 1.78 bits per heavy atom. The van der Waals surface area contributed by atoms with E-state index in [1.807, 2.05) is 12.1 Å². The molecule has 0 fully saturated rings. The van der Waals surface area contributed by atoms with E-state index in [1.54, 1.807) is 30.3 Å². The lowest BCUT2D eigenvalue weighted by Gasteiger charge is -2.09. The normalized spacial score (nSPS) is 10.5. The minimum Gasteiger partial charge on any atom is -0.497 e. The molecule has 27 heavy (non-hydrogen) atoms. The lowest BCUT2D eigenvalue weighted by molar-refractivity contribution is 0.102. The molecule has 0 bridgehead atoms. The largest absolute Gasteiger partial charge is 0.497 e. The van der Waals surface area contributed by atoms with E-state index in [0.29, 0.717) is 28.8 Å². The number of hydrogen-bond acceptors (Lipinski definition) is 6. The molecule has 140 valence electrons. The van der Waals surface area contributed by atoms with Crippen LogP contribution in [0.15, 0.2) is 42.5 Å². The molecule has 3 aromatic rings. The number of rotatable bonds is 6. The van der Waals surface area contributed by atoms with Crippen molar-refractivity contribution in [3.8, 4) is 11.5 Å². The van der Waals surface area contributed by atoms with Crippen LogP contribution in [-0.4, -0.2) is 35.1 Å². The molecule has 3 rings (SSSR count). The number of aromatic nitrogens is 3. The monoisotopic (exact) mass is 387 g/mol. The Balaban J connectivity index is 1.78. The third kappa shape index (κ3) is 4.29. The highest BCUT2D eigenvalue weighted by Gasteiger charge is 2.18. The Kier molecular flexibility index (Phi) is 5.46. The minimum absolute atomic E-state index is 0.0331. The van der Waals surface area contributed by atoms with Crippen LogP contribution in [0.1, 0.15) is 16.1 Å². The Morgan fingerprint density at radius 3 is 2.37 bits per heavy atom. The number of carbonyl (C=O) groups is 1. The average molecular weight is 388 g/mol. The number of nitrogen functional groups attached to an aromatic ring is 1. The van der Waals surface area contributed by atoms with Crippen molar-refractivity contribution >= 4 is 29.0 Å². The number of halogens is 1. The van der Waals surface area contributed by atoms with Gasteiger partial charge in [0.05, 0.1) is 20.8 Å². The summed E-state index contributed by atoms with van der Waals surface area (Å²) in [6.07, 6.45) is 0. The molecule has 9 heteroatoms. The second-order valence-corrected chi connectivity index (χ2v) is 6.10. The summed E-state index contributed by atoms with van der Waals surface area (Å²) in [4.78, 5) is 12.5. The number of nitrogens with two attached hydrogens (primary N) is 1. The lowest BCUT2D eigenvalue weighted by atomic mass is 10.2. The molecule has 2 aromatic carbocycles. The fourth-order valence-electron chi connectivity index (χ4n) is 2.43. The first-order valence-electron chi connectivity index (χ1n) is 7.98. The van der Waals surface area contributed by atoms with Gasteiger partial charge in [-0.1, -0.05) is 28.9 Å². The second-order valence-electron chi connectivity index (χ2n) is 5.66. The molecule has 1 heterocycles. The minimum atomic E-state index is -0.481. The van der Waals surface area contributed by atoms with Crippen LogP contribution in [-0.2, 0) is 6.54 Å².